The third-order valence-corrected chi connectivity index (χ3v) is 5.68. The largest absolute Gasteiger partial charge is 0.497 e. The summed E-state index contributed by atoms with van der Waals surface area (Å²) in [7, 11) is 1.55. The highest BCUT2D eigenvalue weighted by Crippen LogP contribution is 2.24. The highest BCUT2D eigenvalue weighted by Gasteiger charge is 2.21. The molecule has 3 N–H and O–H groups in total. The molecule has 0 atom stereocenters. The lowest BCUT2D eigenvalue weighted by Gasteiger charge is -2.13. The highest BCUT2D eigenvalue weighted by molar-refractivity contribution is 9.10. The summed E-state index contributed by atoms with van der Waals surface area (Å²) in [6, 6.07) is 20.4. The zero-order valence-corrected chi connectivity index (χ0v) is 21.1. The van der Waals surface area contributed by atoms with Crippen LogP contribution in [0.5, 0.6) is 11.5 Å². The maximum absolute atomic E-state index is 13.1. The van der Waals surface area contributed by atoms with Crippen molar-refractivity contribution < 1.29 is 23.9 Å². The topological polar surface area (TPSA) is 111 Å². The van der Waals surface area contributed by atoms with Gasteiger partial charge < -0.3 is 20.1 Å². The molecule has 1 aromatic heterocycles. The maximum Gasteiger partial charge on any atom is 0.328 e. The van der Waals surface area contributed by atoms with Crippen molar-refractivity contribution in [2.75, 3.05) is 29.8 Å². The van der Waals surface area contributed by atoms with E-state index in [0.717, 1.165) is 4.47 Å². The number of hydrogen-bond acceptors (Lipinski definition) is 5. The molecule has 10 heteroatoms. The standard InChI is InChI=1S/C26H23BrN4O5/c1-3-36-21-11-7-19(8-12-21)29-25(33)26(34)30-31-22-13-4-17(27)14-16(22)15-23(31)24(32)28-18-5-9-20(35-2)10-6-18/h4-15H,3H2,1-2H3,(H,28,32)(H,29,33)(H,30,34). The van der Waals surface area contributed by atoms with Crippen LogP contribution in [0.1, 0.15) is 17.4 Å². The van der Waals surface area contributed by atoms with Gasteiger partial charge in [-0.3, -0.25) is 19.8 Å². The van der Waals surface area contributed by atoms with Crippen molar-refractivity contribution >= 4 is 55.9 Å². The number of aromatic nitrogens is 1. The number of ether oxygens (including phenoxy) is 2. The molecule has 0 radical (unpaired) electrons. The first-order valence-electron chi connectivity index (χ1n) is 11.0. The average molecular weight is 551 g/mol. The molecule has 0 spiro atoms. The van der Waals surface area contributed by atoms with E-state index in [0.29, 0.717) is 40.4 Å². The van der Waals surface area contributed by atoms with Gasteiger partial charge in [0.15, 0.2) is 0 Å². The van der Waals surface area contributed by atoms with Gasteiger partial charge in [-0.1, -0.05) is 15.9 Å². The number of benzene rings is 3. The summed E-state index contributed by atoms with van der Waals surface area (Å²) in [6.07, 6.45) is 0. The number of methoxy groups -OCH3 is 1. The van der Waals surface area contributed by atoms with Gasteiger partial charge in [-0.15, -0.1) is 0 Å². The lowest BCUT2D eigenvalue weighted by atomic mass is 10.2. The Morgan fingerprint density at radius 2 is 1.47 bits per heavy atom. The zero-order valence-electron chi connectivity index (χ0n) is 19.5. The first kappa shape index (κ1) is 24.8. The molecule has 4 rings (SSSR count). The zero-order chi connectivity index (χ0) is 25.7. The third-order valence-electron chi connectivity index (χ3n) is 5.19. The molecule has 36 heavy (non-hydrogen) atoms. The molecule has 4 aromatic rings. The monoisotopic (exact) mass is 550 g/mol. The van der Waals surface area contributed by atoms with Crippen LogP contribution in [0.25, 0.3) is 10.9 Å². The second kappa shape index (κ2) is 11.0. The number of nitrogens with zero attached hydrogens (tertiary/aromatic N) is 1. The minimum atomic E-state index is -0.942. The summed E-state index contributed by atoms with van der Waals surface area (Å²) in [6.45, 7) is 2.39. The van der Waals surface area contributed by atoms with Gasteiger partial charge in [-0.2, -0.15) is 0 Å². The summed E-state index contributed by atoms with van der Waals surface area (Å²) in [4.78, 5) is 38.5. The Morgan fingerprint density at radius 3 is 2.11 bits per heavy atom. The molecule has 1 heterocycles. The normalized spacial score (nSPS) is 10.5. The minimum Gasteiger partial charge on any atom is -0.497 e. The molecular formula is C26H23BrN4O5. The van der Waals surface area contributed by atoms with Crippen LogP contribution in [-0.2, 0) is 9.59 Å². The first-order chi connectivity index (χ1) is 17.4. The van der Waals surface area contributed by atoms with Crippen LogP contribution in [0, 0.1) is 0 Å². The Labute approximate surface area is 215 Å². The van der Waals surface area contributed by atoms with Crippen molar-refractivity contribution in [3.63, 3.8) is 0 Å². The van der Waals surface area contributed by atoms with Crippen molar-refractivity contribution in [1.82, 2.24) is 4.68 Å². The highest BCUT2D eigenvalue weighted by atomic mass is 79.9. The molecule has 0 aliphatic carbocycles. The minimum absolute atomic E-state index is 0.140. The summed E-state index contributed by atoms with van der Waals surface area (Å²) in [5.41, 5.74) is 4.18. The molecular weight excluding hydrogens is 528 g/mol. The van der Waals surface area contributed by atoms with Crippen LogP contribution in [-0.4, -0.2) is 36.1 Å². The summed E-state index contributed by atoms with van der Waals surface area (Å²) < 4.78 is 12.6. The van der Waals surface area contributed by atoms with Crippen LogP contribution in [0.15, 0.2) is 77.3 Å². The van der Waals surface area contributed by atoms with Crippen LogP contribution < -0.4 is 25.5 Å². The molecule has 0 bridgehead atoms. The Bertz CT molecular complexity index is 1420. The number of fused-ring (bicyclic) bond motifs is 1. The molecule has 0 fully saturated rings. The molecule has 0 aliphatic heterocycles. The molecule has 0 saturated carbocycles. The Morgan fingerprint density at radius 1 is 0.833 bits per heavy atom. The van der Waals surface area contributed by atoms with Gasteiger partial charge in [0.25, 0.3) is 5.91 Å². The van der Waals surface area contributed by atoms with Crippen LogP contribution >= 0.6 is 15.9 Å². The predicted molar refractivity (Wildman–Crippen MR) is 141 cm³/mol. The van der Waals surface area contributed by atoms with Gasteiger partial charge in [0.1, 0.15) is 17.2 Å². The van der Waals surface area contributed by atoms with Crippen molar-refractivity contribution in [2.45, 2.75) is 6.92 Å². The molecule has 3 amide bonds. The van der Waals surface area contributed by atoms with E-state index in [1.807, 2.05) is 13.0 Å². The van der Waals surface area contributed by atoms with Gasteiger partial charge in [-0.05, 0) is 79.7 Å². The van der Waals surface area contributed by atoms with Crippen LogP contribution in [0.4, 0.5) is 11.4 Å². The second-order valence-corrected chi connectivity index (χ2v) is 8.52. The summed E-state index contributed by atoms with van der Waals surface area (Å²) in [5.74, 6) is -1.00. The quantitative estimate of drug-likeness (QED) is 0.287. The fraction of sp³-hybridized carbons (Fsp3) is 0.115. The fourth-order valence-corrected chi connectivity index (χ4v) is 3.86. The fourth-order valence-electron chi connectivity index (χ4n) is 3.48. The van der Waals surface area contributed by atoms with E-state index in [1.165, 1.54) is 4.68 Å². The van der Waals surface area contributed by atoms with E-state index in [2.05, 4.69) is 32.0 Å². The van der Waals surface area contributed by atoms with E-state index in [9.17, 15) is 14.4 Å². The number of carbonyl (C=O) groups is 3. The number of nitrogens with one attached hydrogen (secondary N) is 3. The van der Waals surface area contributed by atoms with Gasteiger partial charge in [0.2, 0.25) is 0 Å². The number of rotatable bonds is 7. The molecule has 9 nitrogen and oxygen atoms in total. The molecule has 184 valence electrons. The van der Waals surface area contributed by atoms with Crippen molar-refractivity contribution in [3.8, 4) is 11.5 Å². The SMILES string of the molecule is CCOc1ccc(NC(=O)C(=O)Nn2c(C(=O)Nc3ccc(OC)cc3)cc3cc(Br)ccc32)cc1. The van der Waals surface area contributed by atoms with E-state index in [-0.39, 0.29) is 5.69 Å². The molecule has 0 unspecified atom stereocenters. The molecule has 0 aliphatic rings. The molecule has 0 saturated heterocycles. The lowest BCUT2D eigenvalue weighted by Crippen LogP contribution is -2.36. The lowest BCUT2D eigenvalue weighted by molar-refractivity contribution is -0.133. The Hall–Kier alpha value is -4.31. The van der Waals surface area contributed by atoms with Gasteiger partial charge in [0.05, 0.1) is 19.2 Å². The van der Waals surface area contributed by atoms with Crippen molar-refractivity contribution in [1.29, 1.82) is 0 Å². The van der Waals surface area contributed by atoms with E-state index in [4.69, 9.17) is 9.47 Å². The number of carbonyl (C=O) groups excluding carboxylic acids is 3. The van der Waals surface area contributed by atoms with Gasteiger partial charge >= 0.3 is 11.8 Å². The van der Waals surface area contributed by atoms with E-state index in [1.54, 1.807) is 73.8 Å². The summed E-state index contributed by atoms with van der Waals surface area (Å²) in [5, 5.41) is 6.02. The number of halogens is 1. The number of amides is 3. The predicted octanol–water partition coefficient (Wildman–Crippen LogP) is 4.77. The van der Waals surface area contributed by atoms with Crippen molar-refractivity contribution in [2.24, 2.45) is 0 Å². The van der Waals surface area contributed by atoms with Gasteiger partial charge in [0, 0.05) is 21.2 Å². The first-order valence-corrected chi connectivity index (χ1v) is 11.8. The van der Waals surface area contributed by atoms with Crippen molar-refractivity contribution in [3.05, 3.63) is 83.0 Å². The van der Waals surface area contributed by atoms with Crippen LogP contribution in [0.2, 0.25) is 0 Å². The number of hydrogen-bond donors (Lipinski definition) is 3. The third kappa shape index (κ3) is 5.66. The summed E-state index contributed by atoms with van der Waals surface area (Å²) >= 11 is 3.41. The maximum atomic E-state index is 13.1. The van der Waals surface area contributed by atoms with Gasteiger partial charge in [-0.25, -0.2) is 4.68 Å². The van der Waals surface area contributed by atoms with Crippen LogP contribution in [0.3, 0.4) is 0 Å². The number of anilines is 2. The second-order valence-electron chi connectivity index (χ2n) is 7.60. The van der Waals surface area contributed by atoms with E-state index >= 15 is 0 Å². The Balaban J connectivity index is 1.56. The van der Waals surface area contributed by atoms with E-state index < -0.39 is 17.7 Å². The Kier molecular flexibility index (Phi) is 7.55. The average Bonchev–Trinajstić information content (AvgIpc) is 3.23. The molecule has 3 aromatic carbocycles. The smallest absolute Gasteiger partial charge is 0.328 e.